The Morgan fingerprint density at radius 3 is 2.37 bits per heavy atom. The van der Waals surface area contributed by atoms with E-state index in [1.54, 1.807) is 6.07 Å². The van der Waals surface area contributed by atoms with Crippen LogP contribution >= 0.6 is 11.6 Å². The van der Waals surface area contributed by atoms with E-state index in [1.807, 2.05) is 0 Å². The second-order valence-corrected chi connectivity index (χ2v) is 4.04. The second-order valence-electron chi connectivity index (χ2n) is 3.65. The van der Waals surface area contributed by atoms with Gasteiger partial charge in [-0.2, -0.15) is 13.2 Å². The molecule has 7 heteroatoms. The van der Waals surface area contributed by atoms with E-state index in [4.69, 9.17) is 16.3 Å². The molecule has 1 heterocycles. The monoisotopic (exact) mass is 288 g/mol. The maximum atomic E-state index is 12.6. The van der Waals surface area contributed by atoms with Crippen molar-refractivity contribution in [1.82, 2.24) is 10.2 Å². The highest BCUT2D eigenvalue weighted by molar-refractivity contribution is 6.29. The van der Waals surface area contributed by atoms with Crippen molar-refractivity contribution in [3.63, 3.8) is 0 Å². The Morgan fingerprint density at radius 1 is 1.11 bits per heavy atom. The molecule has 0 spiro atoms. The lowest BCUT2D eigenvalue weighted by Gasteiger charge is -2.12. The third-order valence-corrected chi connectivity index (χ3v) is 2.64. The van der Waals surface area contributed by atoms with Gasteiger partial charge in [-0.3, -0.25) is 0 Å². The summed E-state index contributed by atoms with van der Waals surface area (Å²) in [5.41, 5.74) is 0.0182. The highest BCUT2D eigenvalue weighted by Gasteiger charge is 2.31. The molecule has 0 bridgehead atoms. The first kappa shape index (κ1) is 13.6. The van der Waals surface area contributed by atoms with Gasteiger partial charge in [0.25, 0.3) is 0 Å². The van der Waals surface area contributed by atoms with E-state index in [9.17, 15) is 13.2 Å². The number of aromatic nitrogens is 2. The van der Waals surface area contributed by atoms with E-state index in [0.29, 0.717) is 11.3 Å². The van der Waals surface area contributed by atoms with E-state index in [2.05, 4.69) is 10.2 Å². The zero-order valence-electron chi connectivity index (χ0n) is 9.70. The molecule has 0 fully saturated rings. The van der Waals surface area contributed by atoms with Crippen molar-refractivity contribution < 1.29 is 17.9 Å². The van der Waals surface area contributed by atoms with Crippen molar-refractivity contribution in [2.24, 2.45) is 0 Å². The molecule has 100 valence electrons. The summed E-state index contributed by atoms with van der Waals surface area (Å²) in [6.07, 6.45) is -4.42. The van der Waals surface area contributed by atoms with Crippen molar-refractivity contribution in [3.8, 4) is 17.0 Å². The van der Waals surface area contributed by atoms with Crippen LogP contribution in [0.4, 0.5) is 13.2 Å². The minimum absolute atomic E-state index is 0.0754. The van der Waals surface area contributed by atoms with Crippen LogP contribution in [0.15, 0.2) is 30.3 Å². The number of hydrogen-bond donors (Lipinski definition) is 0. The smallest absolute Gasteiger partial charge is 0.416 e. The van der Waals surface area contributed by atoms with Crippen molar-refractivity contribution in [2.45, 2.75) is 6.18 Å². The SMILES string of the molecule is COc1cc(C(F)(F)F)ccc1-c1ccc(Cl)nn1. The Bertz CT molecular complexity index is 585. The number of hydrogen-bond acceptors (Lipinski definition) is 3. The van der Waals surface area contributed by atoms with Gasteiger partial charge >= 0.3 is 6.18 Å². The number of rotatable bonds is 2. The van der Waals surface area contributed by atoms with Crippen LogP contribution in [-0.2, 0) is 6.18 Å². The summed E-state index contributed by atoms with van der Waals surface area (Å²) in [7, 11) is 1.29. The molecule has 0 aliphatic rings. The topological polar surface area (TPSA) is 35.0 Å². The summed E-state index contributed by atoms with van der Waals surface area (Å²) in [5, 5.41) is 7.65. The number of benzene rings is 1. The molecule has 0 N–H and O–H groups in total. The molecule has 1 aromatic carbocycles. The van der Waals surface area contributed by atoms with E-state index in [0.717, 1.165) is 12.1 Å². The fourth-order valence-electron chi connectivity index (χ4n) is 1.54. The van der Waals surface area contributed by atoms with Crippen LogP contribution in [0.25, 0.3) is 11.3 Å². The van der Waals surface area contributed by atoms with Gasteiger partial charge in [0.1, 0.15) is 5.75 Å². The van der Waals surface area contributed by atoms with Crippen LogP contribution < -0.4 is 4.74 Å². The Morgan fingerprint density at radius 2 is 1.84 bits per heavy atom. The molecule has 0 saturated heterocycles. The van der Waals surface area contributed by atoms with E-state index >= 15 is 0 Å². The maximum Gasteiger partial charge on any atom is 0.416 e. The highest BCUT2D eigenvalue weighted by atomic mass is 35.5. The molecule has 2 aromatic rings. The van der Waals surface area contributed by atoms with Gasteiger partial charge in [-0.15, -0.1) is 10.2 Å². The van der Waals surface area contributed by atoms with Crippen LogP contribution in [0.5, 0.6) is 5.75 Å². The van der Waals surface area contributed by atoms with Crippen LogP contribution in [0.3, 0.4) is 0 Å². The summed E-state index contributed by atoms with van der Waals surface area (Å²) in [6, 6.07) is 6.24. The van der Waals surface area contributed by atoms with Crippen LogP contribution in [0.1, 0.15) is 5.56 Å². The van der Waals surface area contributed by atoms with E-state index in [-0.39, 0.29) is 10.9 Å². The first-order valence-electron chi connectivity index (χ1n) is 5.16. The van der Waals surface area contributed by atoms with E-state index < -0.39 is 11.7 Å². The third-order valence-electron chi connectivity index (χ3n) is 2.44. The standard InChI is InChI=1S/C12H8ClF3N2O/c1-19-10-6-7(12(14,15)16)2-3-8(10)9-4-5-11(13)18-17-9/h2-6H,1H3. The number of alkyl halides is 3. The average Bonchev–Trinajstić information content (AvgIpc) is 2.38. The Labute approximate surface area is 112 Å². The molecule has 0 saturated carbocycles. The van der Waals surface area contributed by atoms with Crippen LogP contribution in [0.2, 0.25) is 5.15 Å². The molecule has 0 atom stereocenters. The molecular formula is C12H8ClF3N2O. The Kier molecular flexibility index (Phi) is 3.61. The summed E-state index contributed by atoms with van der Waals surface area (Å²) in [6.45, 7) is 0. The summed E-state index contributed by atoms with van der Waals surface area (Å²) >= 11 is 5.60. The minimum atomic E-state index is -4.42. The predicted molar refractivity (Wildman–Crippen MR) is 64.0 cm³/mol. The van der Waals surface area contributed by atoms with Crippen molar-refractivity contribution in [3.05, 3.63) is 41.0 Å². The quantitative estimate of drug-likeness (QED) is 0.842. The maximum absolute atomic E-state index is 12.6. The van der Waals surface area contributed by atoms with Crippen LogP contribution in [-0.4, -0.2) is 17.3 Å². The second kappa shape index (κ2) is 5.05. The molecule has 0 aliphatic carbocycles. The lowest BCUT2D eigenvalue weighted by Crippen LogP contribution is -2.05. The number of ether oxygens (including phenoxy) is 1. The van der Waals surface area contributed by atoms with Crippen molar-refractivity contribution in [1.29, 1.82) is 0 Å². The largest absolute Gasteiger partial charge is 0.496 e. The molecule has 1 aromatic heterocycles. The number of halogens is 4. The first-order chi connectivity index (χ1) is 8.91. The summed E-state index contributed by atoms with van der Waals surface area (Å²) < 4.78 is 42.7. The normalized spacial score (nSPS) is 11.4. The van der Waals surface area contributed by atoms with Crippen molar-refractivity contribution >= 4 is 11.6 Å². The average molecular weight is 289 g/mol. The van der Waals surface area contributed by atoms with Crippen molar-refractivity contribution in [2.75, 3.05) is 7.11 Å². The van der Waals surface area contributed by atoms with Gasteiger partial charge in [-0.1, -0.05) is 11.6 Å². The fraction of sp³-hybridized carbons (Fsp3) is 0.167. The van der Waals surface area contributed by atoms with E-state index in [1.165, 1.54) is 19.2 Å². The number of methoxy groups -OCH3 is 1. The van der Waals surface area contributed by atoms with Gasteiger partial charge < -0.3 is 4.74 Å². The molecule has 0 amide bonds. The predicted octanol–water partition coefficient (Wildman–Crippen LogP) is 3.82. The molecule has 2 rings (SSSR count). The molecule has 19 heavy (non-hydrogen) atoms. The Hall–Kier alpha value is -1.82. The van der Waals surface area contributed by atoms with Gasteiger partial charge in [-0.25, -0.2) is 0 Å². The van der Waals surface area contributed by atoms with Gasteiger partial charge in [0, 0.05) is 5.56 Å². The zero-order valence-corrected chi connectivity index (χ0v) is 10.5. The minimum Gasteiger partial charge on any atom is -0.496 e. The lowest BCUT2D eigenvalue weighted by molar-refractivity contribution is -0.137. The molecule has 0 unspecified atom stereocenters. The number of nitrogens with zero attached hydrogens (tertiary/aromatic N) is 2. The molecule has 0 aliphatic heterocycles. The summed E-state index contributed by atoms with van der Waals surface area (Å²) in [4.78, 5) is 0. The summed E-state index contributed by atoms with van der Waals surface area (Å²) in [5.74, 6) is 0.0754. The zero-order chi connectivity index (χ0) is 14.0. The third kappa shape index (κ3) is 2.96. The van der Waals surface area contributed by atoms with Gasteiger partial charge in [0.15, 0.2) is 5.15 Å². The molecule has 3 nitrogen and oxygen atoms in total. The fourth-order valence-corrected chi connectivity index (χ4v) is 1.64. The first-order valence-corrected chi connectivity index (χ1v) is 5.54. The Balaban J connectivity index is 2.50. The highest BCUT2D eigenvalue weighted by Crippen LogP contribution is 2.36. The van der Waals surface area contributed by atoms with Crippen LogP contribution in [0, 0.1) is 0 Å². The van der Waals surface area contributed by atoms with Gasteiger partial charge in [0.2, 0.25) is 0 Å². The van der Waals surface area contributed by atoms with Gasteiger partial charge in [-0.05, 0) is 30.3 Å². The lowest BCUT2D eigenvalue weighted by atomic mass is 10.1. The molecular weight excluding hydrogens is 281 g/mol. The molecule has 0 radical (unpaired) electrons. The van der Waals surface area contributed by atoms with Gasteiger partial charge in [0.05, 0.1) is 18.4 Å².